The fraction of sp³-hybridized carbons (Fsp3) is 0.241. The van der Waals surface area contributed by atoms with Gasteiger partial charge < -0.3 is 10.1 Å². The van der Waals surface area contributed by atoms with Crippen LogP contribution in [0.1, 0.15) is 41.1 Å². The SMILES string of the molecule is O=C(COC(=O)c1ccc(N2C(=O)[C@H]3C[C@H](c4ccccc4)CC[C@H]3C2=O)cc1)Nc1ccc(Cl)cc1Cl. The molecule has 5 rings (SSSR count). The van der Waals surface area contributed by atoms with Gasteiger partial charge in [-0.25, -0.2) is 4.79 Å². The molecular weight excluding hydrogens is 527 g/mol. The second-order valence-electron chi connectivity index (χ2n) is 9.44. The zero-order chi connectivity index (χ0) is 26.8. The molecule has 0 radical (unpaired) electrons. The van der Waals surface area contributed by atoms with Crippen molar-refractivity contribution in [2.45, 2.75) is 25.2 Å². The summed E-state index contributed by atoms with van der Waals surface area (Å²) in [4.78, 5) is 52.3. The third-order valence-corrected chi connectivity index (χ3v) is 7.65. The molecule has 3 amide bonds. The molecule has 9 heteroatoms. The van der Waals surface area contributed by atoms with Crippen LogP contribution >= 0.6 is 23.2 Å². The molecule has 0 aromatic heterocycles. The van der Waals surface area contributed by atoms with Crippen LogP contribution in [0, 0.1) is 11.8 Å². The Morgan fingerprint density at radius 1 is 0.895 bits per heavy atom. The molecule has 0 bridgehead atoms. The summed E-state index contributed by atoms with van der Waals surface area (Å²) in [6.07, 6.45) is 2.17. The maximum absolute atomic E-state index is 13.3. The summed E-state index contributed by atoms with van der Waals surface area (Å²) in [5.74, 6) is -2.10. The molecule has 0 unspecified atom stereocenters. The van der Waals surface area contributed by atoms with E-state index >= 15 is 0 Å². The van der Waals surface area contributed by atoms with E-state index in [9.17, 15) is 19.2 Å². The maximum Gasteiger partial charge on any atom is 0.338 e. The standard InChI is InChI=1S/C29H24Cl2N2O5/c30-20-9-13-25(24(31)15-20)32-26(34)16-38-29(37)18-6-10-21(11-7-18)33-27(35)22-12-8-19(14-23(22)28(33)36)17-4-2-1-3-5-17/h1-7,9-11,13,15,19,22-23H,8,12,14,16H2,(H,32,34)/t19-,22-,23+/m1/s1. The van der Waals surface area contributed by atoms with Gasteiger partial charge in [-0.05, 0) is 73.2 Å². The number of carbonyl (C=O) groups excluding carboxylic acids is 4. The zero-order valence-corrected chi connectivity index (χ0v) is 21.7. The van der Waals surface area contributed by atoms with Gasteiger partial charge in [0.1, 0.15) is 0 Å². The summed E-state index contributed by atoms with van der Waals surface area (Å²) in [5.41, 5.74) is 2.14. The van der Waals surface area contributed by atoms with E-state index in [1.54, 1.807) is 24.3 Å². The third-order valence-electron chi connectivity index (χ3n) is 7.10. The number of halogens is 2. The minimum atomic E-state index is -0.715. The van der Waals surface area contributed by atoms with E-state index in [1.807, 2.05) is 18.2 Å². The summed E-state index contributed by atoms with van der Waals surface area (Å²) in [7, 11) is 0. The Morgan fingerprint density at radius 2 is 1.61 bits per heavy atom. The fourth-order valence-corrected chi connectivity index (χ4v) is 5.66. The van der Waals surface area contributed by atoms with Crippen LogP contribution < -0.4 is 10.2 Å². The van der Waals surface area contributed by atoms with Gasteiger partial charge >= 0.3 is 5.97 Å². The Kier molecular flexibility index (Phi) is 7.49. The first-order valence-electron chi connectivity index (χ1n) is 12.3. The lowest BCUT2D eigenvalue weighted by Gasteiger charge is -2.28. The second kappa shape index (κ2) is 11.0. The lowest BCUT2D eigenvalue weighted by molar-refractivity contribution is -0.122. The van der Waals surface area contributed by atoms with Gasteiger partial charge in [0.05, 0.1) is 33.8 Å². The van der Waals surface area contributed by atoms with Gasteiger partial charge in [-0.3, -0.25) is 19.3 Å². The Hall–Kier alpha value is -3.68. The van der Waals surface area contributed by atoms with Crippen LogP contribution in [0.4, 0.5) is 11.4 Å². The van der Waals surface area contributed by atoms with Crippen LogP contribution in [0.5, 0.6) is 0 Å². The Balaban J connectivity index is 1.20. The lowest BCUT2D eigenvalue weighted by Crippen LogP contribution is -2.30. The maximum atomic E-state index is 13.3. The van der Waals surface area contributed by atoms with E-state index in [1.165, 1.54) is 28.7 Å². The van der Waals surface area contributed by atoms with Crippen molar-refractivity contribution >= 4 is 58.3 Å². The highest BCUT2D eigenvalue weighted by molar-refractivity contribution is 6.36. The third kappa shape index (κ3) is 5.30. The normalized spacial score (nSPS) is 20.7. The van der Waals surface area contributed by atoms with E-state index in [0.29, 0.717) is 29.2 Å². The van der Waals surface area contributed by atoms with Crippen LogP contribution in [0.3, 0.4) is 0 Å². The Morgan fingerprint density at radius 3 is 2.32 bits per heavy atom. The highest BCUT2D eigenvalue weighted by Crippen LogP contribution is 2.45. The number of ether oxygens (including phenoxy) is 1. The molecule has 1 heterocycles. The van der Waals surface area contributed by atoms with Crippen LogP contribution in [-0.4, -0.2) is 30.3 Å². The highest BCUT2D eigenvalue weighted by atomic mass is 35.5. The van der Waals surface area contributed by atoms with Crippen LogP contribution in [0.2, 0.25) is 10.0 Å². The van der Waals surface area contributed by atoms with E-state index in [4.69, 9.17) is 27.9 Å². The molecule has 1 aliphatic carbocycles. The minimum absolute atomic E-state index is 0.187. The molecule has 2 aliphatic rings. The predicted octanol–water partition coefficient (Wildman–Crippen LogP) is 5.86. The van der Waals surface area contributed by atoms with Crippen molar-refractivity contribution in [2.24, 2.45) is 11.8 Å². The second-order valence-corrected chi connectivity index (χ2v) is 10.3. The van der Waals surface area contributed by atoms with Crippen molar-refractivity contribution in [1.82, 2.24) is 0 Å². The number of carbonyl (C=O) groups is 4. The number of imide groups is 1. The number of esters is 1. The lowest BCUT2D eigenvalue weighted by atomic mass is 9.73. The molecule has 0 spiro atoms. The molecule has 3 aromatic carbocycles. The number of anilines is 2. The van der Waals surface area contributed by atoms with Crippen molar-refractivity contribution in [3.8, 4) is 0 Å². The zero-order valence-electron chi connectivity index (χ0n) is 20.2. The molecule has 1 N–H and O–H groups in total. The van der Waals surface area contributed by atoms with Crippen molar-refractivity contribution in [3.05, 3.63) is 94.0 Å². The molecule has 2 fully saturated rings. The number of hydrogen-bond acceptors (Lipinski definition) is 5. The molecular formula is C29H24Cl2N2O5. The molecule has 194 valence electrons. The highest BCUT2D eigenvalue weighted by Gasteiger charge is 2.50. The van der Waals surface area contributed by atoms with Crippen LogP contribution in [0.15, 0.2) is 72.8 Å². The molecule has 1 saturated carbocycles. The van der Waals surface area contributed by atoms with Gasteiger partial charge in [-0.1, -0.05) is 53.5 Å². The molecule has 38 heavy (non-hydrogen) atoms. The largest absolute Gasteiger partial charge is 0.452 e. The fourth-order valence-electron chi connectivity index (χ4n) is 5.20. The number of fused-ring (bicyclic) bond motifs is 1. The first kappa shape index (κ1) is 25.9. The van der Waals surface area contributed by atoms with Crippen LogP contribution in [-0.2, 0) is 19.1 Å². The van der Waals surface area contributed by atoms with E-state index < -0.39 is 18.5 Å². The number of rotatable bonds is 6. The number of nitrogens with zero attached hydrogens (tertiary/aromatic N) is 1. The van der Waals surface area contributed by atoms with Gasteiger partial charge in [-0.15, -0.1) is 0 Å². The predicted molar refractivity (Wildman–Crippen MR) is 144 cm³/mol. The Labute approximate surface area is 229 Å². The summed E-state index contributed by atoms with van der Waals surface area (Å²) >= 11 is 11.9. The summed E-state index contributed by atoms with van der Waals surface area (Å²) in [6.45, 7) is -0.519. The van der Waals surface area contributed by atoms with Gasteiger partial charge in [0, 0.05) is 5.02 Å². The van der Waals surface area contributed by atoms with Crippen molar-refractivity contribution in [3.63, 3.8) is 0 Å². The Bertz CT molecular complexity index is 1390. The summed E-state index contributed by atoms with van der Waals surface area (Å²) in [6, 6.07) is 20.7. The summed E-state index contributed by atoms with van der Waals surface area (Å²) < 4.78 is 5.10. The average molecular weight is 551 g/mol. The minimum Gasteiger partial charge on any atom is -0.452 e. The quantitative estimate of drug-likeness (QED) is 0.306. The first-order chi connectivity index (χ1) is 18.3. The van der Waals surface area contributed by atoms with Crippen LogP contribution in [0.25, 0.3) is 0 Å². The molecule has 3 aromatic rings. The molecule has 1 aliphatic heterocycles. The van der Waals surface area contributed by atoms with Gasteiger partial charge in [0.15, 0.2) is 6.61 Å². The molecule has 7 nitrogen and oxygen atoms in total. The average Bonchev–Trinajstić information content (AvgIpc) is 3.18. The van der Waals surface area contributed by atoms with Gasteiger partial charge in [-0.2, -0.15) is 0 Å². The molecule has 3 atom stereocenters. The smallest absolute Gasteiger partial charge is 0.338 e. The number of nitrogens with one attached hydrogen (secondary N) is 1. The van der Waals surface area contributed by atoms with E-state index in [2.05, 4.69) is 17.4 Å². The van der Waals surface area contributed by atoms with Gasteiger partial charge in [0.2, 0.25) is 11.8 Å². The molecule has 1 saturated heterocycles. The van der Waals surface area contributed by atoms with Crippen molar-refractivity contribution < 1.29 is 23.9 Å². The van der Waals surface area contributed by atoms with Gasteiger partial charge in [0.25, 0.3) is 5.91 Å². The topological polar surface area (TPSA) is 92.8 Å². The van der Waals surface area contributed by atoms with Crippen molar-refractivity contribution in [2.75, 3.05) is 16.8 Å². The monoisotopic (exact) mass is 550 g/mol. The van der Waals surface area contributed by atoms with Crippen molar-refractivity contribution in [1.29, 1.82) is 0 Å². The van der Waals surface area contributed by atoms with E-state index in [0.717, 1.165) is 6.42 Å². The number of amides is 3. The number of benzene rings is 3. The first-order valence-corrected chi connectivity index (χ1v) is 13.0. The number of hydrogen-bond donors (Lipinski definition) is 1. The van der Waals surface area contributed by atoms with E-state index in [-0.39, 0.29) is 40.2 Å². The summed E-state index contributed by atoms with van der Waals surface area (Å²) in [5, 5.41) is 3.23.